The first kappa shape index (κ1) is 14.9. The summed E-state index contributed by atoms with van der Waals surface area (Å²) in [7, 11) is 0. The van der Waals surface area contributed by atoms with Gasteiger partial charge in [-0.1, -0.05) is 46.0 Å². The van der Waals surface area contributed by atoms with E-state index in [0.717, 1.165) is 12.0 Å². The Hall–Kier alpha value is -1.05. The van der Waals surface area contributed by atoms with Crippen LogP contribution in [0.25, 0.3) is 0 Å². The van der Waals surface area contributed by atoms with E-state index in [0.29, 0.717) is 18.2 Å². The highest BCUT2D eigenvalue weighted by Crippen LogP contribution is 2.39. The van der Waals surface area contributed by atoms with Gasteiger partial charge in [0.15, 0.2) is 5.78 Å². The second kappa shape index (κ2) is 5.62. The summed E-state index contributed by atoms with van der Waals surface area (Å²) in [4.78, 5) is 12.5. The normalized spacial score (nSPS) is 23.5. The molecule has 0 amide bonds. The third kappa shape index (κ3) is 2.95. The van der Waals surface area contributed by atoms with Gasteiger partial charge in [-0.15, -0.1) is 0 Å². The Balaban J connectivity index is 1.97. The van der Waals surface area contributed by atoms with Crippen molar-refractivity contribution in [3.63, 3.8) is 0 Å². The number of aromatic nitrogens is 1. The average molecular weight is 287 g/mol. The summed E-state index contributed by atoms with van der Waals surface area (Å²) < 4.78 is 2.54. The lowest BCUT2D eigenvalue weighted by Gasteiger charge is -2.32. The number of fused-ring (bicyclic) bond motifs is 1. The molecule has 0 bridgehead atoms. The minimum atomic E-state index is 0.119. The molecule has 116 valence electrons. The lowest BCUT2D eigenvalue weighted by Crippen LogP contribution is -2.29. The molecule has 2 aliphatic rings. The van der Waals surface area contributed by atoms with Crippen molar-refractivity contribution in [1.82, 2.24) is 4.57 Å². The van der Waals surface area contributed by atoms with E-state index in [4.69, 9.17) is 0 Å². The van der Waals surface area contributed by atoms with Crippen molar-refractivity contribution in [2.45, 2.75) is 84.6 Å². The number of rotatable bonds is 1. The second-order valence-corrected chi connectivity index (χ2v) is 7.96. The summed E-state index contributed by atoms with van der Waals surface area (Å²) in [6.07, 6.45) is 11.2. The molecule has 1 aromatic rings. The minimum absolute atomic E-state index is 0.119. The molecule has 0 aromatic carbocycles. The molecule has 2 aliphatic carbocycles. The molecule has 21 heavy (non-hydrogen) atoms. The molecular formula is C19H29NO. The van der Waals surface area contributed by atoms with Gasteiger partial charge in [-0.05, 0) is 37.7 Å². The third-order valence-corrected chi connectivity index (χ3v) is 5.36. The van der Waals surface area contributed by atoms with E-state index >= 15 is 0 Å². The Morgan fingerprint density at radius 2 is 1.67 bits per heavy atom. The van der Waals surface area contributed by atoms with E-state index in [1.54, 1.807) is 0 Å². The molecule has 0 radical (unpaired) electrons. The number of Topliss-reactive ketones (excluding diaryl/α,β-unsaturated/α-hetero) is 1. The van der Waals surface area contributed by atoms with E-state index in [1.165, 1.54) is 56.3 Å². The summed E-state index contributed by atoms with van der Waals surface area (Å²) in [5.41, 5.74) is 3.78. The standard InChI is InChI=1S/C19H29NO/c1-14-11-16-17(12-19(2,3)13-18(16)21)20(14)15-9-7-5-4-6-8-10-15/h11,15H,4-10,12-13H2,1-3H3. The smallest absolute Gasteiger partial charge is 0.165 e. The molecule has 0 unspecified atom stereocenters. The highest BCUT2D eigenvalue weighted by molar-refractivity contribution is 5.99. The van der Waals surface area contributed by atoms with E-state index in [-0.39, 0.29) is 5.41 Å². The van der Waals surface area contributed by atoms with Gasteiger partial charge in [0.25, 0.3) is 0 Å². The van der Waals surface area contributed by atoms with Gasteiger partial charge in [-0.3, -0.25) is 4.79 Å². The molecule has 2 nitrogen and oxygen atoms in total. The molecule has 1 heterocycles. The van der Waals surface area contributed by atoms with Crippen LogP contribution in [0.2, 0.25) is 0 Å². The highest BCUT2D eigenvalue weighted by atomic mass is 16.1. The van der Waals surface area contributed by atoms with Crippen LogP contribution in [-0.2, 0) is 6.42 Å². The predicted octanol–water partition coefficient (Wildman–Crippen LogP) is 5.24. The van der Waals surface area contributed by atoms with E-state index in [1.807, 2.05) is 0 Å². The number of aryl methyl sites for hydroxylation is 1. The molecular weight excluding hydrogens is 258 g/mol. The number of carbonyl (C=O) groups excluding carboxylic acids is 1. The number of hydrogen-bond donors (Lipinski definition) is 0. The van der Waals surface area contributed by atoms with Crippen molar-refractivity contribution in [1.29, 1.82) is 0 Å². The fourth-order valence-corrected chi connectivity index (χ4v) is 4.37. The van der Waals surface area contributed by atoms with Crippen molar-refractivity contribution < 1.29 is 4.79 Å². The van der Waals surface area contributed by atoms with Gasteiger partial charge < -0.3 is 4.57 Å². The van der Waals surface area contributed by atoms with Crippen LogP contribution in [0.3, 0.4) is 0 Å². The van der Waals surface area contributed by atoms with Crippen LogP contribution >= 0.6 is 0 Å². The van der Waals surface area contributed by atoms with E-state index in [2.05, 4.69) is 31.4 Å². The maximum atomic E-state index is 12.5. The van der Waals surface area contributed by atoms with Crippen LogP contribution in [0.4, 0.5) is 0 Å². The minimum Gasteiger partial charge on any atom is -0.345 e. The third-order valence-electron chi connectivity index (χ3n) is 5.36. The maximum Gasteiger partial charge on any atom is 0.165 e. The average Bonchev–Trinajstić information content (AvgIpc) is 2.65. The zero-order valence-electron chi connectivity index (χ0n) is 13.9. The first-order valence-electron chi connectivity index (χ1n) is 8.72. The lowest BCUT2D eigenvalue weighted by atomic mass is 9.76. The van der Waals surface area contributed by atoms with Crippen molar-refractivity contribution in [2.75, 3.05) is 0 Å². The van der Waals surface area contributed by atoms with Crippen LogP contribution in [-0.4, -0.2) is 10.4 Å². The molecule has 1 aromatic heterocycles. The number of nitrogens with zero attached hydrogens (tertiary/aromatic N) is 1. The number of carbonyl (C=O) groups is 1. The van der Waals surface area contributed by atoms with Gasteiger partial charge >= 0.3 is 0 Å². The van der Waals surface area contributed by atoms with Crippen molar-refractivity contribution >= 4 is 5.78 Å². The first-order chi connectivity index (χ1) is 9.98. The molecule has 0 aliphatic heterocycles. The summed E-state index contributed by atoms with van der Waals surface area (Å²) in [5, 5.41) is 0. The summed E-state index contributed by atoms with van der Waals surface area (Å²) >= 11 is 0. The van der Waals surface area contributed by atoms with Crippen LogP contribution < -0.4 is 0 Å². The van der Waals surface area contributed by atoms with Gasteiger partial charge in [0, 0.05) is 29.4 Å². The second-order valence-electron chi connectivity index (χ2n) is 7.96. The van der Waals surface area contributed by atoms with Crippen molar-refractivity contribution in [2.24, 2.45) is 5.41 Å². The van der Waals surface area contributed by atoms with Gasteiger partial charge in [0.2, 0.25) is 0 Å². The monoisotopic (exact) mass is 287 g/mol. The zero-order valence-corrected chi connectivity index (χ0v) is 13.9. The molecule has 0 atom stereocenters. The maximum absolute atomic E-state index is 12.5. The van der Waals surface area contributed by atoms with E-state index < -0.39 is 0 Å². The van der Waals surface area contributed by atoms with Crippen LogP contribution in [0.5, 0.6) is 0 Å². The molecule has 2 heteroatoms. The van der Waals surface area contributed by atoms with Gasteiger partial charge in [0.05, 0.1) is 0 Å². The van der Waals surface area contributed by atoms with Gasteiger partial charge in [0.1, 0.15) is 0 Å². The van der Waals surface area contributed by atoms with Crippen LogP contribution in [0.15, 0.2) is 6.07 Å². The fourth-order valence-electron chi connectivity index (χ4n) is 4.37. The summed E-state index contributed by atoms with van der Waals surface area (Å²) in [5.74, 6) is 0.356. The highest BCUT2D eigenvalue weighted by Gasteiger charge is 2.35. The summed E-state index contributed by atoms with van der Waals surface area (Å²) in [6, 6.07) is 2.78. The molecule has 0 N–H and O–H groups in total. The Morgan fingerprint density at radius 3 is 2.33 bits per heavy atom. The van der Waals surface area contributed by atoms with Crippen LogP contribution in [0, 0.1) is 12.3 Å². The number of ketones is 1. The lowest BCUT2D eigenvalue weighted by molar-refractivity contribution is 0.0909. The largest absolute Gasteiger partial charge is 0.345 e. The zero-order chi connectivity index (χ0) is 15.0. The Bertz CT molecular complexity index is 530. The Kier molecular flexibility index (Phi) is 3.98. The van der Waals surface area contributed by atoms with Gasteiger partial charge in [-0.25, -0.2) is 0 Å². The van der Waals surface area contributed by atoms with Crippen LogP contribution in [0.1, 0.15) is 93.0 Å². The molecule has 3 rings (SSSR count). The molecule has 0 spiro atoms. The predicted molar refractivity (Wildman–Crippen MR) is 87.0 cm³/mol. The molecule has 0 saturated heterocycles. The molecule has 1 fully saturated rings. The fraction of sp³-hybridized carbons (Fsp3) is 0.737. The Morgan fingerprint density at radius 1 is 1.05 bits per heavy atom. The topological polar surface area (TPSA) is 22.0 Å². The van der Waals surface area contributed by atoms with E-state index in [9.17, 15) is 4.79 Å². The van der Waals surface area contributed by atoms with Crippen molar-refractivity contribution in [3.05, 3.63) is 23.0 Å². The quantitative estimate of drug-likeness (QED) is 0.692. The summed E-state index contributed by atoms with van der Waals surface area (Å²) in [6.45, 7) is 6.66. The van der Waals surface area contributed by atoms with Crippen molar-refractivity contribution in [3.8, 4) is 0 Å². The number of hydrogen-bond acceptors (Lipinski definition) is 1. The first-order valence-corrected chi connectivity index (χ1v) is 8.72. The molecule has 1 saturated carbocycles. The Labute approximate surface area is 128 Å². The van der Waals surface area contributed by atoms with Gasteiger partial charge in [-0.2, -0.15) is 0 Å². The SMILES string of the molecule is Cc1cc2c(n1C1CCCCCCC1)CC(C)(C)CC2=O.